The Hall–Kier alpha value is -1.78. The van der Waals surface area contributed by atoms with Gasteiger partial charge in [0.25, 0.3) is 5.91 Å². The van der Waals surface area contributed by atoms with Gasteiger partial charge >= 0.3 is 0 Å². The van der Waals surface area contributed by atoms with E-state index in [1.165, 1.54) is 6.20 Å². The molecule has 18 heavy (non-hydrogen) atoms. The lowest BCUT2D eigenvalue weighted by atomic mass is 10.2. The van der Waals surface area contributed by atoms with Crippen molar-refractivity contribution in [1.82, 2.24) is 4.98 Å². The molecule has 1 heterocycles. The molecular weight excluding hydrogens is 232 g/mol. The first-order valence-electron chi connectivity index (χ1n) is 6.00. The molecule has 5 heteroatoms. The van der Waals surface area contributed by atoms with Gasteiger partial charge in [-0.3, -0.25) is 9.78 Å². The van der Waals surface area contributed by atoms with Crippen molar-refractivity contribution < 1.29 is 14.3 Å². The second-order valence-corrected chi connectivity index (χ2v) is 5.41. The monoisotopic (exact) mass is 250 g/mol. The minimum Gasteiger partial charge on any atom is -0.486 e. The van der Waals surface area contributed by atoms with Crippen molar-refractivity contribution in [1.29, 1.82) is 0 Å². The van der Waals surface area contributed by atoms with Crippen LogP contribution in [0.4, 0.5) is 0 Å². The van der Waals surface area contributed by atoms with Crippen LogP contribution in [0, 0.1) is 0 Å². The normalized spacial score (nSPS) is 15.3. The number of pyridine rings is 1. The fourth-order valence-corrected chi connectivity index (χ4v) is 1.48. The van der Waals surface area contributed by atoms with Gasteiger partial charge in [-0.05, 0) is 33.6 Å². The first-order chi connectivity index (χ1) is 8.37. The molecule has 5 nitrogen and oxygen atoms in total. The van der Waals surface area contributed by atoms with Crippen molar-refractivity contribution >= 4 is 5.91 Å². The predicted molar refractivity (Wildman–Crippen MR) is 66.8 cm³/mol. The summed E-state index contributed by atoms with van der Waals surface area (Å²) in [6, 6.07) is 0. The number of nitrogens with zero attached hydrogens (tertiary/aromatic N) is 1. The standard InChI is InChI=1S/C13H18N2O3/c1-13(2,3)18-10-7-15-6-9(12(14)16)11(10)17-8-4-5-8/h6-8H,4-5H2,1-3H3,(H2,14,16). The molecule has 1 amide bonds. The average molecular weight is 250 g/mol. The predicted octanol–water partition coefficient (Wildman–Crippen LogP) is 1.90. The molecule has 0 unspecified atom stereocenters. The second-order valence-electron chi connectivity index (χ2n) is 5.41. The molecule has 1 aliphatic carbocycles. The SMILES string of the molecule is CC(C)(C)Oc1cncc(C(N)=O)c1OC1CC1. The number of carbonyl (C=O) groups is 1. The topological polar surface area (TPSA) is 74.4 Å². The van der Waals surface area contributed by atoms with Crippen LogP contribution >= 0.6 is 0 Å². The van der Waals surface area contributed by atoms with Crippen LogP contribution in [0.3, 0.4) is 0 Å². The minimum atomic E-state index is -0.558. The first-order valence-corrected chi connectivity index (χ1v) is 6.00. The molecule has 1 fully saturated rings. The lowest BCUT2D eigenvalue weighted by molar-refractivity contribution is 0.0984. The van der Waals surface area contributed by atoms with E-state index in [1.54, 1.807) is 6.20 Å². The van der Waals surface area contributed by atoms with Crippen LogP contribution in [0.15, 0.2) is 12.4 Å². The van der Waals surface area contributed by atoms with Gasteiger partial charge in [0, 0.05) is 6.20 Å². The van der Waals surface area contributed by atoms with Crippen LogP contribution in [0.5, 0.6) is 11.5 Å². The largest absolute Gasteiger partial charge is 0.486 e. The molecule has 0 atom stereocenters. The molecule has 1 saturated carbocycles. The van der Waals surface area contributed by atoms with E-state index in [0.29, 0.717) is 11.5 Å². The van der Waals surface area contributed by atoms with E-state index in [1.807, 2.05) is 20.8 Å². The zero-order valence-corrected chi connectivity index (χ0v) is 10.9. The van der Waals surface area contributed by atoms with Crippen LogP contribution < -0.4 is 15.2 Å². The Morgan fingerprint density at radius 1 is 1.39 bits per heavy atom. The van der Waals surface area contributed by atoms with Crippen LogP contribution in [0.1, 0.15) is 44.0 Å². The summed E-state index contributed by atoms with van der Waals surface area (Å²) in [5.74, 6) is 0.318. The molecule has 98 valence electrons. The van der Waals surface area contributed by atoms with E-state index in [9.17, 15) is 4.79 Å². The maximum atomic E-state index is 11.4. The van der Waals surface area contributed by atoms with Crippen molar-refractivity contribution in [3.05, 3.63) is 18.0 Å². The van der Waals surface area contributed by atoms with Crippen molar-refractivity contribution in [2.24, 2.45) is 5.73 Å². The highest BCUT2D eigenvalue weighted by molar-refractivity contribution is 5.96. The highest BCUT2D eigenvalue weighted by atomic mass is 16.5. The number of hydrogen-bond donors (Lipinski definition) is 1. The first kappa shape index (κ1) is 12.7. The van der Waals surface area contributed by atoms with Gasteiger partial charge in [0.1, 0.15) is 11.2 Å². The van der Waals surface area contributed by atoms with Crippen LogP contribution in [0.2, 0.25) is 0 Å². The molecule has 0 bridgehead atoms. The Balaban J connectivity index is 2.36. The summed E-state index contributed by atoms with van der Waals surface area (Å²) in [5, 5.41) is 0. The summed E-state index contributed by atoms with van der Waals surface area (Å²) in [4.78, 5) is 15.4. The molecule has 0 saturated heterocycles. The smallest absolute Gasteiger partial charge is 0.254 e. The molecule has 1 aromatic heterocycles. The van der Waals surface area contributed by atoms with E-state index in [2.05, 4.69) is 4.98 Å². The summed E-state index contributed by atoms with van der Waals surface area (Å²) in [6.45, 7) is 5.76. The third kappa shape index (κ3) is 3.12. The number of nitrogens with two attached hydrogens (primary N) is 1. The Labute approximate surface area is 106 Å². The number of hydrogen-bond acceptors (Lipinski definition) is 4. The van der Waals surface area contributed by atoms with Crippen molar-refractivity contribution in [2.45, 2.75) is 45.3 Å². The molecule has 0 spiro atoms. The Kier molecular flexibility index (Phi) is 3.15. The van der Waals surface area contributed by atoms with Crippen molar-refractivity contribution in [2.75, 3.05) is 0 Å². The molecular formula is C13H18N2O3. The fourth-order valence-electron chi connectivity index (χ4n) is 1.48. The number of carbonyl (C=O) groups excluding carboxylic acids is 1. The highest BCUT2D eigenvalue weighted by Crippen LogP contribution is 2.37. The van der Waals surface area contributed by atoms with Gasteiger partial charge in [-0.1, -0.05) is 0 Å². The quantitative estimate of drug-likeness (QED) is 0.885. The third-order valence-electron chi connectivity index (χ3n) is 2.35. The maximum absolute atomic E-state index is 11.4. The Morgan fingerprint density at radius 3 is 2.56 bits per heavy atom. The molecule has 0 aromatic carbocycles. The summed E-state index contributed by atoms with van der Waals surface area (Å²) in [5.41, 5.74) is 5.21. The molecule has 0 radical (unpaired) electrons. The van der Waals surface area contributed by atoms with Gasteiger partial charge in [0.05, 0.1) is 12.3 Å². The van der Waals surface area contributed by atoms with Crippen molar-refractivity contribution in [3.8, 4) is 11.5 Å². The summed E-state index contributed by atoms with van der Waals surface area (Å²) >= 11 is 0. The van der Waals surface area contributed by atoms with Crippen molar-refractivity contribution in [3.63, 3.8) is 0 Å². The third-order valence-corrected chi connectivity index (χ3v) is 2.35. The zero-order chi connectivity index (χ0) is 13.3. The lowest BCUT2D eigenvalue weighted by Gasteiger charge is -2.23. The lowest BCUT2D eigenvalue weighted by Crippen LogP contribution is -2.24. The molecule has 2 N–H and O–H groups in total. The zero-order valence-electron chi connectivity index (χ0n) is 10.9. The second kappa shape index (κ2) is 4.48. The summed E-state index contributed by atoms with van der Waals surface area (Å²) < 4.78 is 11.5. The molecule has 2 rings (SSSR count). The number of aromatic nitrogens is 1. The van der Waals surface area contributed by atoms with Crippen LogP contribution in [-0.4, -0.2) is 22.6 Å². The fraction of sp³-hybridized carbons (Fsp3) is 0.538. The van der Waals surface area contributed by atoms with Gasteiger partial charge in [-0.2, -0.15) is 0 Å². The molecule has 1 aromatic rings. The van der Waals surface area contributed by atoms with Gasteiger partial charge in [-0.15, -0.1) is 0 Å². The van der Waals surface area contributed by atoms with Crippen LogP contribution in [-0.2, 0) is 0 Å². The van der Waals surface area contributed by atoms with E-state index in [4.69, 9.17) is 15.2 Å². The van der Waals surface area contributed by atoms with Crippen LogP contribution in [0.25, 0.3) is 0 Å². The van der Waals surface area contributed by atoms with E-state index >= 15 is 0 Å². The summed E-state index contributed by atoms with van der Waals surface area (Å²) in [6.07, 6.45) is 5.11. The number of primary amides is 1. The van der Waals surface area contributed by atoms with E-state index in [0.717, 1.165) is 12.8 Å². The Morgan fingerprint density at radius 2 is 2.06 bits per heavy atom. The van der Waals surface area contributed by atoms with Gasteiger partial charge in [-0.25, -0.2) is 0 Å². The Bertz CT molecular complexity index is 462. The number of rotatable bonds is 4. The van der Waals surface area contributed by atoms with Gasteiger partial charge < -0.3 is 15.2 Å². The number of amides is 1. The van der Waals surface area contributed by atoms with Gasteiger partial charge in [0.15, 0.2) is 11.5 Å². The summed E-state index contributed by atoms with van der Waals surface area (Å²) in [7, 11) is 0. The minimum absolute atomic E-state index is 0.160. The molecule has 0 aliphatic heterocycles. The highest BCUT2D eigenvalue weighted by Gasteiger charge is 2.28. The maximum Gasteiger partial charge on any atom is 0.254 e. The van der Waals surface area contributed by atoms with E-state index in [-0.39, 0.29) is 17.3 Å². The average Bonchev–Trinajstić information content (AvgIpc) is 3.01. The van der Waals surface area contributed by atoms with Gasteiger partial charge in [0.2, 0.25) is 0 Å². The van der Waals surface area contributed by atoms with E-state index < -0.39 is 5.91 Å². The molecule has 1 aliphatic rings. The number of ether oxygens (including phenoxy) is 2.